The largest absolute Gasteiger partial charge is 0.468 e. The predicted octanol–water partition coefficient (Wildman–Crippen LogP) is 1.93. The third-order valence-corrected chi connectivity index (χ3v) is 4.16. The van der Waals surface area contributed by atoms with E-state index in [0.717, 1.165) is 18.7 Å². The van der Waals surface area contributed by atoms with Crippen molar-refractivity contribution in [1.29, 1.82) is 0 Å². The standard InChI is InChI=1S/C12H13IN2O4/c1-19-12(16)11-7-14(11)6-10(13)8-2-4-9(5-3-8)15(17)18/h2-5,10-11H,6-7H2,1H3. The summed E-state index contributed by atoms with van der Waals surface area (Å²) >= 11 is 2.27. The molecule has 0 aliphatic carbocycles. The van der Waals surface area contributed by atoms with Crippen molar-refractivity contribution in [2.75, 3.05) is 20.2 Å². The first kappa shape index (κ1) is 14.2. The van der Waals surface area contributed by atoms with Crippen LogP contribution >= 0.6 is 22.6 Å². The van der Waals surface area contributed by atoms with Gasteiger partial charge in [-0.15, -0.1) is 0 Å². The Morgan fingerprint density at radius 1 is 1.58 bits per heavy atom. The molecule has 0 amide bonds. The van der Waals surface area contributed by atoms with Crippen LogP contribution in [-0.2, 0) is 9.53 Å². The van der Waals surface area contributed by atoms with Crippen LogP contribution in [0.25, 0.3) is 0 Å². The number of nitro groups is 1. The van der Waals surface area contributed by atoms with E-state index >= 15 is 0 Å². The second-order valence-electron chi connectivity index (χ2n) is 4.31. The third-order valence-electron chi connectivity index (χ3n) is 3.05. The maximum atomic E-state index is 11.3. The molecule has 0 bridgehead atoms. The summed E-state index contributed by atoms with van der Waals surface area (Å²) in [7, 11) is 1.39. The molecule has 1 aromatic carbocycles. The molecule has 2 rings (SSSR count). The van der Waals surface area contributed by atoms with Gasteiger partial charge in [0.25, 0.3) is 5.69 Å². The van der Waals surface area contributed by atoms with Crippen LogP contribution in [0.4, 0.5) is 5.69 Å². The topological polar surface area (TPSA) is 72.5 Å². The highest BCUT2D eigenvalue weighted by molar-refractivity contribution is 14.1. The molecule has 1 fully saturated rings. The van der Waals surface area contributed by atoms with E-state index in [2.05, 4.69) is 27.3 Å². The number of carbonyl (C=O) groups is 1. The first-order chi connectivity index (χ1) is 9.02. The second-order valence-corrected chi connectivity index (χ2v) is 5.81. The molecule has 3 unspecified atom stereocenters. The highest BCUT2D eigenvalue weighted by Gasteiger charge is 2.42. The Balaban J connectivity index is 1.92. The average molecular weight is 376 g/mol. The van der Waals surface area contributed by atoms with Crippen LogP contribution in [0, 0.1) is 10.1 Å². The minimum absolute atomic E-state index is 0.0894. The van der Waals surface area contributed by atoms with Crippen LogP contribution in [0.1, 0.15) is 9.49 Å². The first-order valence-corrected chi connectivity index (χ1v) is 6.97. The minimum Gasteiger partial charge on any atom is -0.468 e. The van der Waals surface area contributed by atoms with Crippen molar-refractivity contribution in [3.05, 3.63) is 39.9 Å². The predicted molar refractivity (Wildman–Crippen MR) is 77.2 cm³/mol. The van der Waals surface area contributed by atoms with E-state index in [0.29, 0.717) is 0 Å². The summed E-state index contributed by atoms with van der Waals surface area (Å²) in [6, 6.07) is 6.39. The summed E-state index contributed by atoms with van der Waals surface area (Å²) in [5, 5.41) is 10.6. The molecule has 0 radical (unpaired) electrons. The number of ether oxygens (including phenoxy) is 1. The van der Waals surface area contributed by atoms with Crippen molar-refractivity contribution in [1.82, 2.24) is 4.90 Å². The molecule has 0 saturated carbocycles. The monoisotopic (exact) mass is 376 g/mol. The quantitative estimate of drug-likeness (QED) is 0.196. The highest BCUT2D eigenvalue weighted by atomic mass is 127. The molecule has 19 heavy (non-hydrogen) atoms. The number of halogens is 1. The van der Waals surface area contributed by atoms with Crippen molar-refractivity contribution in [2.24, 2.45) is 0 Å². The average Bonchev–Trinajstić information content (AvgIpc) is 3.17. The summed E-state index contributed by atoms with van der Waals surface area (Å²) in [5.74, 6) is -0.202. The maximum Gasteiger partial charge on any atom is 0.324 e. The molecule has 1 saturated heterocycles. The molecular weight excluding hydrogens is 363 g/mol. The molecule has 0 N–H and O–H groups in total. The number of hydrogen-bond donors (Lipinski definition) is 0. The summed E-state index contributed by atoms with van der Waals surface area (Å²) in [6.07, 6.45) is 0. The zero-order valence-electron chi connectivity index (χ0n) is 10.3. The third kappa shape index (κ3) is 3.41. The van der Waals surface area contributed by atoms with E-state index in [4.69, 9.17) is 0 Å². The van der Waals surface area contributed by atoms with Gasteiger partial charge in [-0.1, -0.05) is 34.7 Å². The first-order valence-electron chi connectivity index (χ1n) is 5.73. The van der Waals surface area contributed by atoms with Gasteiger partial charge in [0.05, 0.1) is 12.0 Å². The molecule has 6 nitrogen and oxygen atoms in total. The summed E-state index contributed by atoms with van der Waals surface area (Å²) < 4.78 is 4.86. The Morgan fingerprint density at radius 3 is 2.74 bits per heavy atom. The van der Waals surface area contributed by atoms with Crippen LogP contribution in [0.3, 0.4) is 0 Å². The van der Waals surface area contributed by atoms with E-state index in [9.17, 15) is 14.9 Å². The lowest BCUT2D eigenvalue weighted by atomic mass is 10.1. The lowest BCUT2D eigenvalue weighted by Crippen LogP contribution is -2.17. The molecule has 1 aromatic rings. The highest BCUT2D eigenvalue weighted by Crippen LogP contribution is 2.30. The number of esters is 1. The van der Waals surface area contributed by atoms with E-state index in [1.165, 1.54) is 19.2 Å². The van der Waals surface area contributed by atoms with Gasteiger partial charge in [0, 0.05) is 29.1 Å². The molecule has 7 heteroatoms. The zero-order valence-corrected chi connectivity index (χ0v) is 12.4. The Kier molecular flexibility index (Phi) is 4.35. The van der Waals surface area contributed by atoms with Crippen molar-refractivity contribution in [2.45, 2.75) is 9.97 Å². The molecule has 1 heterocycles. The summed E-state index contributed by atoms with van der Waals surface area (Å²) in [4.78, 5) is 23.5. The number of carbonyl (C=O) groups excluding carboxylic acids is 1. The van der Waals surface area contributed by atoms with Gasteiger partial charge in [0.15, 0.2) is 0 Å². The van der Waals surface area contributed by atoms with Crippen molar-refractivity contribution < 1.29 is 14.5 Å². The van der Waals surface area contributed by atoms with Gasteiger partial charge in [0.2, 0.25) is 0 Å². The Hall–Kier alpha value is -1.22. The number of methoxy groups -OCH3 is 1. The van der Waals surface area contributed by atoms with Gasteiger partial charge in [-0.25, -0.2) is 0 Å². The SMILES string of the molecule is COC(=O)C1CN1CC(I)c1ccc([N+](=O)[O-])cc1. The van der Waals surface area contributed by atoms with Crippen molar-refractivity contribution in [3.8, 4) is 0 Å². The Labute approximate surface area is 124 Å². The van der Waals surface area contributed by atoms with Crippen LogP contribution in [0.2, 0.25) is 0 Å². The number of benzene rings is 1. The van der Waals surface area contributed by atoms with Crippen LogP contribution in [0.15, 0.2) is 24.3 Å². The maximum absolute atomic E-state index is 11.3. The second kappa shape index (κ2) is 5.83. The smallest absolute Gasteiger partial charge is 0.324 e. The van der Waals surface area contributed by atoms with E-state index in [-0.39, 0.29) is 21.6 Å². The fraction of sp³-hybridized carbons (Fsp3) is 0.417. The number of nitro benzene ring substituents is 1. The van der Waals surface area contributed by atoms with Gasteiger partial charge in [-0.2, -0.15) is 0 Å². The Morgan fingerprint density at radius 2 is 2.21 bits per heavy atom. The van der Waals surface area contributed by atoms with Gasteiger partial charge in [0.1, 0.15) is 6.04 Å². The normalized spacial score (nSPS) is 22.6. The molecule has 0 aromatic heterocycles. The van der Waals surface area contributed by atoms with Crippen LogP contribution in [-0.4, -0.2) is 42.0 Å². The number of rotatable bonds is 5. The van der Waals surface area contributed by atoms with Gasteiger partial charge >= 0.3 is 5.97 Å². The molecule has 0 spiro atoms. The van der Waals surface area contributed by atoms with Crippen LogP contribution < -0.4 is 0 Å². The molecular formula is C12H13IN2O4. The number of alkyl halides is 1. The van der Waals surface area contributed by atoms with E-state index in [1.807, 2.05) is 4.90 Å². The number of nitrogens with zero attached hydrogens (tertiary/aromatic N) is 2. The molecule has 1 aliphatic rings. The van der Waals surface area contributed by atoms with E-state index in [1.54, 1.807) is 12.1 Å². The van der Waals surface area contributed by atoms with Gasteiger partial charge in [-0.05, 0) is 5.56 Å². The lowest BCUT2D eigenvalue weighted by Gasteiger charge is -2.11. The Bertz CT molecular complexity index is 491. The minimum atomic E-state index is -0.413. The fourth-order valence-electron chi connectivity index (χ4n) is 1.85. The zero-order chi connectivity index (χ0) is 14.0. The lowest BCUT2D eigenvalue weighted by molar-refractivity contribution is -0.384. The molecule has 1 aliphatic heterocycles. The number of hydrogen-bond acceptors (Lipinski definition) is 5. The van der Waals surface area contributed by atoms with Crippen molar-refractivity contribution >= 4 is 34.2 Å². The molecule has 102 valence electrons. The van der Waals surface area contributed by atoms with Crippen LogP contribution in [0.5, 0.6) is 0 Å². The van der Waals surface area contributed by atoms with Crippen molar-refractivity contribution in [3.63, 3.8) is 0 Å². The van der Waals surface area contributed by atoms with Gasteiger partial charge < -0.3 is 4.74 Å². The van der Waals surface area contributed by atoms with Gasteiger partial charge in [-0.3, -0.25) is 19.8 Å². The molecule has 3 atom stereocenters. The number of non-ortho nitro benzene ring substituents is 1. The summed E-state index contributed by atoms with van der Waals surface area (Å²) in [5.41, 5.74) is 1.10. The fourth-order valence-corrected chi connectivity index (χ4v) is 2.77. The van der Waals surface area contributed by atoms with E-state index < -0.39 is 4.92 Å². The summed E-state index contributed by atoms with van der Waals surface area (Å²) in [6.45, 7) is 1.46.